The van der Waals surface area contributed by atoms with Crippen LogP contribution in [0.5, 0.6) is 0 Å². The van der Waals surface area contributed by atoms with Crippen molar-refractivity contribution in [1.82, 2.24) is 97.9 Å². The fourth-order valence-electron chi connectivity index (χ4n) is 15.0. The Bertz CT molecular complexity index is 4710. The van der Waals surface area contributed by atoms with Gasteiger partial charge in [0.05, 0.1) is 63.1 Å². The normalized spacial score (nSPS) is 18.4. The van der Waals surface area contributed by atoms with Crippen LogP contribution in [0.25, 0.3) is 11.0 Å². The molecule has 3 aliphatic rings. The number of carboxylic acids is 7. The largest absolute Gasteiger partial charge is 0.481 e. The number of anilines is 1. The Morgan fingerprint density at radius 3 is 1.56 bits per heavy atom. The highest BCUT2D eigenvalue weighted by Crippen LogP contribution is 2.28. The summed E-state index contributed by atoms with van der Waals surface area (Å²) in [5.74, 6) is -19.8. The summed E-state index contributed by atoms with van der Waals surface area (Å²) < 4.78 is 0. The highest BCUT2D eigenvalue weighted by molar-refractivity contribution is 6.00. The Labute approximate surface area is 764 Å². The summed E-state index contributed by atoms with van der Waals surface area (Å²) in [6.45, 7) is -2.62. The zero-order chi connectivity index (χ0) is 97.2. The monoisotopic (exact) mass is 1860 g/mol. The van der Waals surface area contributed by atoms with Crippen molar-refractivity contribution in [2.75, 3.05) is 124 Å². The van der Waals surface area contributed by atoms with Gasteiger partial charge < -0.3 is 120 Å². The van der Waals surface area contributed by atoms with Crippen molar-refractivity contribution in [3.05, 3.63) is 95.3 Å². The van der Waals surface area contributed by atoms with Crippen molar-refractivity contribution in [3.8, 4) is 0 Å². The molecule has 0 unspecified atom stereocenters. The molecule has 7 rings (SSSR count). The zero-order valence-corrected chi connectivity index (χ0v) is 73.8. The van der Waals surface area contributed by atoms with Crippen molar-refractivity contribution < 1.29 is 127 Å². The zero-order valence-electron chi connectivity index (χ0n) is 73.8. The third-order valence-corrected chi connectivity index (χ3v) is 22.0. The number of unbranched alkanes of at least 4 members (excludes halogenated alkanes) is 4. The molecule has 2 fully saturated rings. The molecule has 2 saturated heterocycles. The average molecular weight is 1870 g/mol. The van der Waals surface area contributed by atoms with Gasteiger partial charge >= 0.3 is 41.8 Å². The number of H-pyrrole nitrogens is 1. The van der Waals surface area contributed by atoms with E-state index in [0.717, 1.165) is 11.0 Å². The van der Waals surface area contributed by atoms with E-state index in [1.165, 1.54) is 29.4 Å². The molecular weight excluding hydrogens is 1750 g/mol. The first-order chi connectivity index (χ1) is 63.3. The smallest absolute Gasteiger partial charge is 0.317 e. The molecule has 12 amide bonds. The number of hydrogen-bond acceptors (Lipinski definition) is 26. The molecule has 4 aromatic rings. The first-order valence-electron chi connectivity index (χ1n) is 43.7. The van der Waals surface area contributed by atoms with Gasteiger partial charge in [0.2, 0.25) is 65.0 Å². The van der Waals surface area contributed by atoms with E-state index in [-0.39, 0.29) is 142 Å². The van der Waals surface area contributed by atoms with Crippen LogP contribution in [0.2, 0.25) is 0 Å². The SMILES string of the molecule is CN(Cc1nc2ccccc2[nH]1)C(=O)c1ccc2c(c1)CN(CCCCCCNC(=O)[C@H](CCC(=O)NCCCC[C@@H]1NC(=O)[C@@H](Cc3ccccc3)NC(=O)[C@H](CC(=O)O)NC(=O)CNC(=O)[C@H](CCCNC(=N)N)NC1=O)NC(=O)[C@H](CCC(=O)O)NC(=O)[C@H](CCC(=O)O)NC(=O)CN1CCN(CC(=O)O)CCN(CC(=O)O)CCN(CC(=O)O)CC1)C(=O)[C@H](CC(=O)O)N2. The van der Waals surface area contributed by atoms with Gasteiger partial charge in [0, 0.05) is 129 Å². The maximum Gasteiger partial charge on any atom is 0.317 e. The Morgan fingerprint density at radius 2 is 0.985 bits per heavy atom. The van der Waals surface area contributed by atoms with E-state index < -0.39 is 245 Å². The molecule has 0 saturated carbocycles. The van der Waals surface area contributed by atoms with Crippen molar-refractivity contribution in [1.29, 1.82) is 5.41 Å². The highest BCUT2D eigenvalue weighted by atomic mass is 16.4. The molecule has 0 aliphatic carbocycles. The topological polar surface area (TPSA) is 708 Å². The summed E-state index contributed by atoms with van der Waals surface area (Å²) in [6.07, 6.45) is -4.25. The molecule has 8 atom stereocenters. The number of benzene rings is 3. The first-order valence-corrected chi connectivity index (χ1v) is 43.7. The number of carboxylic acid groups (broad SMARTS) is 7. The molecule has 133 heavy (non-hydrogen) atoms. The molecule has 3 aromatic carbocycles. The number of aromatic nitrogens is 2. The fourth-order valence-corrected chi connectivity index (χ4v) is 15.0. The van der Waals surface area contributed by atoms with Gasteiger partial charge in [-0.15, -0.1) is 0 Å². The quantitative estimate of drug-likeness (QED) is 0.0113. The maximum absolute atomic E-state index is 14.7. The molecular formula is C85H120N22O26. The number of carbonyl (C=O) groups excluding carboxylic acids is 12. The number of amides is 12. The van der Waals surface area contributed by atoms with Crippen LogP contribution in [0.15, 0.2) is 72.8 Å². The minimum atomic E-state index is -1.86. The lowest BCUT2D eigenvalue weighted by Gasteiger charge is -2.33. The van der Waals surface area contributed by atoms with E-state index in [0.29, 0.717) is 47.5 Å². The van der Waals surface area contributed by atoms with E-state index in [1.54, 1.807) is 55.6 Å². The van der Waals surface area contributed by atoms with E-state index >= 15 is 0 Å². The molecule has 3 aliphatic heterocycles. The van der Waals surface area contributed by atoms with Crippen LogP contribution in [0.1, 0.15) is 136 Å². The van der Waals surface area contributed by atoms with Crippen molar-refractivity contribution in [2.24, 2.45) is 5.73 Å². The van der Waals surface area contributed by atoms with Gasteiger partial charge in [-0.2, -0.15) is 0 Å². The number of fused-ring (bicyclic) bond motifs is 2. The van der Waals surface area contributed by atoms with Crippen molar-refractivity contribution in [3.63, 3.8) is 0 Å². The molecule has 23 N–H and O–H groups in total. The Morgan fingerprint density at radius 1 is 0.489 bits per heavy atom. The van der Waals surface area contributed by atoms with Gasteiger partial charge in [-0.05, 0) is 106 Å². The minimum Gasteiger partial charge on any atom is -0.481 e. The van der Waals surface area contributed by atoms with Gasteiger partial charge in [0.1, 0.15) is 54.2 Å². The van der Waals surface area contributed by atoms with Gasteiger partial charge in [-0.1, -0.05) is 55.3 Å². The lowest BCUT2D eigenvalue weighted by molar-refractivity contribution is -0.141. The van der Waals surface area contributed by atoms with Crippen LogP contribution in [-0.4, -0.2) is 360 Å². The third kappa shape index (κ3) is 38.5. The predicted octanol–water partition coefficient (Wildman–Crippen LogP) is -4.12. The Balaban J connectivity index is 1.07. The van der Waals surface area contributed by atoms with Crippen molar-refractivity contribution in [2.45, 2.75) is 177 Å². The number of nitrogens with zero attached hydrogens (tertiary/aromatic N) is 7. The van der Waals surface area contributed by atoms with Gasteiger partial charge in [-0.3, -0.25) is 116 Å². The molecule has 48 nitrogen and oxygen atoms in total. The fraction of sp³-hybridized carbons (Fsp3) is 0.541. The van der Waals surface area contributed by atoms with Crippen LogP contribution in [0, 0.1) is 5.41 Å². The van der Waals surface area contributed by atoms with E-state index in [9.17, 15) is 127 Å². The number of rotatable bonds is 48. The number of hydrogen-bond donors (Lipinski definition) is 22. The summed E-state index contributed by atoms with van der Waals surface area (Å²) in [5, 5.41) is 107. The lowest BCUT2D eigenvalue weighted by atomic mass is 10.0. The van der Waals surface area contributed by atoms with Crippen LogP contribution in [0.3, 0.4) is 0 Å². The maximum atomic E-state index is 14.7. The first kappa shape index (κ1) is 106. The summed E-state index contributed by atoms with van der Waals surface area (Å²) >= 11 is 0. The summed E-state index contributed by atoms with van der Waals surface area (Å²) in [4.78, 5) is 270. The van der Waals surface area contributed by atoms with Crippen molar-refractivity contribution >= 4 is 135 Å². The minimum absolute atomic E-state index is 0.00171. The summed E-state index contributed by atoms with van der Waals surface area (Å²) in [5.41, 5.74) is 8.75. The molecule has 4 heterocycles. The van der Waals surface area contributed by atoms with Gasteiger partial charge in [0.15, 0.2) is 5.96 Å². The molecule has 0 radical (unpaired) electrons. The second-order valence-electron chi connectivity index (χ2n) is 32.6. The Kier molecular flexibility index (Phi) is 43.5. The lowest BCUT2D eigenvalue weighted by Crippen LogP contribution is -2.58. The predicted molar refractivity (Wildman–Crippen MR) is 471 cm³/mol. The number of aromatic amines is 1. The van der Waals surface area contributed by atoms with Crippen LogP contribution < -0.4 is 69.5 Å². The number of imidazole rings is 1. The summed E-state index contributed by atoms with van der Waals surface area (Å²) in [7, 11) is 1.61. The molecule has 48 heteroatoms. The number of carbonyl (C=O) groups is 19. The van der Waals surface area contributed by atoms with Crippen LogP contribution in [0.4, 0.5) is 5.69 Å². The van der Waals surface area contributed by atoms with E-state index in [2.05, 4.69) is 73.8 Å². The molecule has 726 valence electrons. The number of guanidine groups is 1. The number of para-hydroxylation sites is 2. The van der Waals surface area contributed by atoms with E-state index in [4.69, 9.17) is 11.1 Å². The van der Waals surface area contributed by atoms with Crippen LogP contribution in [-0.2, 0) is 106 Å². The molecule has 0 bridgehead atoms. The highest BCUT2D eigenvalue weighted by Gasteiger charge is 2.38. The molecule has 0 spiro atoms. The van der Waals surface area contributed by atoms with Crippen LogP contribution >= 0.6 is 0 Å². The van der Waals surface area contributed by atoms with Gasteiger partial charge in [-0.25, -0.2) is 4.98 Å². The standard InChI is InChI=1S/C85H120N22O26/c1-102(46-65-93-55-16-7-8-17-56(55)94-65)83(132)52-20-21-54-53(41-52)45-107(84(133)64(92-54)43-72(117)118)31-12-3-2-10-29-89-76(125)59(99-80(129)61(24-27-70(113)114)100-79(128)60(23-26-69(111)112)95-68(110)47-103-32-34-104(48-73(119)120)36-38-106(50-75(123)124)39-37-105(35-33-103)49-74(121)122)22-25-66(108)88-28-11-9-18-58-78(127)97-57(19-13-30-90-85(86)87)77(126)91-44-67(109)96-63(42-71(115)116)82(131)101-62(81(130)98-58)40-51-14-5-4-6-15-51/h4-8,14-17,20-21,41,57-64,92H,2-3,9-13,18-19,22-40,42-50H2,1H3,(H,88,108)(H,89,125)(H,91,126)(H,93,94)(H,95,110)(H,96,109)(H,97,127)(H,98,130)(H,99,129)(H,100,128)(H,101,131)(H,111,112)(H,113,114)(H,115,116)(H,117,118)(H,119,120)(H,121,122)(H,123,124)(H4,86,87,90)/t57-,58-,59-,60-,61-,62+,63-,64-/m0/s1. The van der Waals surface area contributed by atoms with E-state index in [1.807, 2.05) is 24.3 Å². The average Bonchev–Trinajstić information content (AvgIpc) is 1.73. The Hall–Kier alpha value is -14.0. The van der Waals surface area contributed by atoms with Gasteiger partial charge in [0.25, 0.3) is 5.91 Å². The number of nitrogens with one attached hydrogen (secondary N) is 14. The number of aliphatic carboxylic acids is 7. The number of nitrogens with two attached hydrogens (primary N) is 1. The third-order valence-electron chi connectivity index (χ3n) is 22.0. The second kappa shape index (κ2) is 54.6. The second-order valence-corrected chi connectivity index (χ2v) is 32.6. The molecule has 1 aromatic heterocycles. The summed E-state index contributed by atoms with van der Waals surface area (Å²) in [6, 6.07) is 7.83.